The molecule has 1 amide bonds. The molecule has 3 aromatic rings. The lowest BCUT2D eigenvalue weighted by Gasteiger charge is -2.07. The summed E-state index contributed by atoms with van der Waals surface area (Å²) in [6.07, 6.45) is -10.7. The molecular formula is C17H13F6N5O2. The molecule has 1 atom stereocenters. The van der Waals surface area contributed by atoms with Crippen LogP contribution in [0.1, 0.15) is 27.6 Å². The second kappa shape index (κ2) is 8.16. The van der Waals surface area contributed by atoms with E-state index in [1.165, 1.54) is 35.2 Å². The summed E-state index contributed by atoms with van der Waals surface area (Å²) in [5.74, 6) is -2.77. The number of hydrogen-bond acceptors (Lipinski definition) is 5. The Balaban J connectivity index is 1.71. The molecule has 0 aliphatic carbocycles. The largest absolute Gasteiger partial charge is 0.471 e. The van der Waals surface area contributed by atoms with Crippen LogP contribution in [-0.2, 0) is 19.6 Å². The van der Waals surface area contributed by atoms with E-state index in [0.29, 0.717) is 16.8 Å². The van der Waals surface area contributed by atoms with Gasteiger partial charge in [-0.05, 0) is 11.6 Å². The van der Waals surface area contributed by atoms with Crippen LogP contribution in [0.25, 0.3) is 11.4 Å². The van der Waals surface area contributed by atoms with Gasteiger partial charge in [-0.3, -0.25) is 9.48 Å². The van der Waals surface area contributed by atoms with Crippen molar-refractivity contribution in [2.45, 2.75) is 25.3 Å². The number of aromatic nitrogens is 4. The van der Waals surface area contributed by atoms with E-state index in [0.717, 1.165) is 0 Å². The summed E-state index contributed by atoms with van der Waals surface area (Å²) in [5, 5.41) is 8.66. The van der Waals surface area contributed by atoms with Gasteiger partial charge in [0.25, 0.3) is 12.3 Å². The summed E-state index contributed by atoms with van der Waals surface area (Å²) in [5.41, 5.74) is 1.27. The molecule has 3 rings (SSSR count). The third kappa shape index (κ3) is 4.78. The van der Waals surface area contributed by atoms with E-state index in [2.05, 4.69) is 19.8 Å². The number of halogens is 6. The first-order chi connectivity index (χ1) is 14.0. The SMILES string of the molecule is Cn1nc(C(=O)NC(F)C(F)F)cc1Cc1ccc(-c2noc(C(F)(F)F)n2)cc1. The normalized spacial score (nSPS) is 12.9. The van der Waals surface area contributed by atoms with Gasteiger partial charge in [0, 0.05) is 24.7 Å². The molecule has 2 heterocycles. The topological polar surface area (TPSA) is 85.8 Å². The van der Waals surface area contributed by atoms with Crippen LogP contribution in [0.3, 0.4) is 0 Å². The van der Waals surface area contributed by atoms with Crippen molar-refractivity contribution >= 4 is 5.91 Å². The van der Waals surface area contributed by atoms with E-state index in [1.54, 1.807) is 12.1 Å². The molecular weight excluding hydrogens is 420 g/mol. The van der Waals surface area contributed by atoms with Crippen molar-refractivity contribution in [1.82, 2.24) is 25.2 Å². The molecule has 0 aliphatic rings. The molecule has 2 aromatic heterocycles. The molecule has 0 saturated heterocycles. The number of carbonyl (C=O) groups is 1. The molecule has 1 unspecified atom stereocenters. The van der Waals surface area contributed by atoms with Crippen LogP contribution in [0.4, 0.5) is 26.3 Å². The number of aryl methyl sites for hydroxylation is 1. The van der Waals surface area contributed by atoms with Crippen LogP contribution in [0.5, 0.6) is 0 Å². The Morgan fingerprint density at radius 3 is 2.43 bits per heavy atom. The van der Waals surface area contributed by atoms with Crippen LogP contribution in [0.2, 0.25) is 0 Å². The number of alkyl halides is 6. The standard InChI is InChI=1S/C17H13F6N5O2/c1-28-10(7-11(26-28)15(29)24-13(20)12(18)19)6-8-2-4-9(5-3-8)14-25-16(30-27-14)17(21,22)23/h2-5,7,12-13H,6H2,1H3,(H,24,29). The first kappa shape index (κ1) is 21.3. The maximum atomic E-state index is 13.0. The molecule has 1 aromatic carbocycles. The highest BCUT2D eigenvalue weighted by Gasteiger charge is 2.38. The maximum Gasteiger partial charge on any atom is 0.471 e. The smallest absolute Gasteiger partial charge is 0.329 e. The van der Waals surface area contributed by atoms with Crippen molar-refractivity contribution in [1.29, 1.82) is 0 Å². The van der Waals surface area contributed by atoms with E-state index in [1.807, 2.05) is 0 Å². The van der Waals surface area contributed by atoms with Gasteiger partial charge in [-0.2, -0.15) is 23.3 Å². The minimum atomic E-state index is -4.74. The van der Waals surface area contributed by atoms with Gasteiger partial charge >= 0.3 is 12.1 Å². The Morgan fingerprint density at radius 2 is 1.87 bits per heavy atom. The zero-order chi connectivity index (χ0) is 22.1. The molecule has 0 saturated carbocycles. The Hall–Kier alpha value is -3.38. The second-order valence-electron chi connectivity index (χ2n) is 6.15. The summed E-state index contributed by atoms with van der Waals surface area (Å²) in [6.45, 7) is 0. The highest BCUT2D eigenvalue weighted by molar-refractivity contribution is 5.92. The van der Waals surface area contributed by atoms with Crippen LogP contribution in [0, 0.1) is 0 Å². The lowest BCUT2D eigenvalue weighted by molar-refractivity contribution is -0.159. The van der Waals surface area contributed by atoms with Gasteiger partial charge in [-0.25, -0.2) is 13.2 Å². The van der Waals surface area contributed by atoms with Crippen molar-refractivity contribution in [2.75, 3.05) is 0 Å². The average Bonchev–Trinajstić information content (AvgIpc) is 3.30. The molecule has 0 bridgehead atoms. The molecule has 1 N–H and O–H groups in total. The summed E-state index contributed by atoms with van der Waals surface area (Å²) in [6, 6.07) is 7.48. The predicted octanol–water partition coefficient (Wildman–Crippen LogP) is 3.37. The molecule has 0 fully saturated rings. The van der Waals surface area contributed by atoms with Crippen LogP contribution in [0.15, 0.2) is 34.9 Å². The first-order valence-corrected chi connectivity index (χ1v) is 8.31. The highest BCUT2D eigenvalue weighted by Crippen LogP contribution is 2.29. The summed E-state index contributed by atoms with van der Waals surface area (Å²) in [7, 11) is 1.51. The number of nitrogens with one attached hydrogen (secondary N) is 1. The number of rotatable bonds is 6. The Kier molecular flexibility index (Phi) is 5.80. The van der Waals surface area contributed by atoms with E-state index in [-0.39, 0.29) is 17.9 Å². The first-order valence-electron chi connectivity index (χ1n) is 8.31. The number of benzene rings is 1. The van der Waals surface area contributed by atoms with Crippen molar-refractivity contribution in [3.63, 3.8) is 0 Å². The fourth-order valence-corrected chi connectivity index (χ4v) is 2.48. The lowest BCUT2D eigenvalue weighted by atomic mass is 10.1. The monoisotopic (exact) mass is 433 g/mol. The van der Waals surface area contributed by atoms with E-state index < -0.39 is 30.7 Å². The fraction of sp³-hybridized carbons (Fsp3) is 0.294. The van der Waals surface area contributed by atoms with E-state index in [4.69, 9.17) is 0 Å². The Labute approximate surface area is 164 Å². The molecule has 13 heteroatoms. The highest BCUT2D eigenvalue weighted by atomic mass is 19.4. The zero-order valence-corrected chi connectivity index (χ0v) is 15.1. The Bertz CT molecular complexity index is 1030. The molecule has 0 radical (unpaired) electrons. The van der Waals surface area contributed by atoms with Crippen molar-refractivity contribution in [3.05, 3.63) is 53.2 Å². The van der Waals surface area contributed by atoms with Gasteiger partial charge in [-0.15, -0.1) is 0 Å². The van der Waals surface area contributed by atoms with Crippen LogP contribution >= 0.6 is 0 Å². The van der Waals surface area contributed by atoms with Crippen LogP contribution in [-0.4, -0.2) is 38.5 Å². The summed E-state index contributed by atoms with van der Waals surface area (Å²) in [4.78, 5) is 15.1. The maximum absolute atomic E-state index is 13.0. The number of amides is 1. The molecule has 7 nitrogen and oxygen atoms in total. The molecule has 30 heavy (non-hydrogen) atoms. The van der Waals surface area contributed by atoms with Crippen LogP contribution < -0.4 is 5.32 Å². The average molecular weight is 433 g/mol. The second-order valence-corrected chi connectivity index (χ2v) is 6.15. The molecule has 0 aliphatic heterocycles. The lowest BCUT2D eigenvalue weighted by Crippen LogP contribution is -2.36. The zero-order valence-electron chi connectivity index (χ0n) is 15.1. The third-order valence-electron chi connectivity index (χ3n) is 3.97. The number of carbonyl (C=O) groups excluding carboxylic acids is 1. The minimum Gasteiger partial charge on any atom is -0.329 e. The summed E-state index contributed by atoms with van der Waals surface area (Å²) >= 11 is 0. The predicted molar refractivity (Wildman–Crippen MR) is 89.1 cm³/mol. The van der Waals surface area contributed by atoms with Gasteiger partial charge < -0.3 is 9.84 Å². The van der Waals surface area contributed by atoms with Gasteiger partial charge in [0.1, 0.15) is 0 Å². The van der Waals surface area contributed by atoms with Gasteiger partial charge in [-0.1, -0.05) is 29.4 Å². The quantitative estimate of drug-likeness (QED) is 0.476. The summed E-state index contributed by atoms with van der Waals surface area (Å²) < 4.78 is 80.5. The van der Waals surface area contributed by atoms with E-state index in [9.17, 15) is 31.1 Å². The van der Waals surface area contributed by atoms with Gasteiger partial charge in [0.15, 0.2) is 5.69 Å². The number of nitrogens with zero attached hydrogens (tertiary/aromatic N) is 4. The van der Waals surface area contributed by atoms with E-state index >= 15 is 0 Å². The van der Waals surface area contributed by atoms with Crippen molar-refractivity contribution in [2.24, 2.45) is 7.05 Å². The number of hydrogen-bond donors (Lipinski definition) is 1. The Morgan fingerprint density at radius 1 is 1.20 bits per heavy atom. The molecule has 0 spiro atoms. The van der Waals surface area contributed by atoms with Crippen molar-refractivity contribution in [3.8, 4) is 11.4 Å². The van der Waals surface area contributed by atoms with Crippen molar-refractivity contribution < 1.29 is 35.7 Å². The van der Waals surface area contributed by atoms with Gasteiger partial charge in [0.2, 0.25) is 12.1 Å². The third-order valence-corrected chi connectivity index (χ3v) is 3.97. The molecule has 160 valence electrons. The minimum absolute atomic E-state index is 0.229. The fourth-order valence-electron chi connectivity index (χ4n) is 2.48. The van der Waals surface area contributed by atoms with Gasteiger partial charge in [0.05, 0.1) is 0 Å².